The van der Waals surface area contributed by atoms with Crippen molar-refractivity contribution in [1.29, 1.82) is 0 Å². The number of hydrogen-bond acceptors (Lipinski definition) is 3. The van der Waals surface area contributed by atoms with Crippen LogP contribution in [0.15, 0.2) is 0 Å². The molecular weight excluding hydrogens is 256 g/mol. The first-order valence-corrected chi connectivity index (χ1v) is 7.73. The van der Waals surface area contributed by atoms with Gasteiger partial charge in [0, 0.05) is 19.5 Å². The van der Waals surface area contributed by atoms with Crippen LogP contribution in [-0.2, 0) is 9.59 Å². The molecule has 2 atom stereocenters. The molecule has 0 aliphatic carbocycles. The number of likely N-dealkylation sites (tertiary alicyclic amines) is 1. The number of unbranched alkanes of at least 4 members (excludes halogenated alkanes) is 1. The number of carbonyl (C=O) groups excluding carboxylic acids is 1. The second-order valence-electron chi connectivity index (χ2n) is 5.92. The number of hydrogen-bond donors (Lipinski definition) is 2. The van der Waals surface area contributed by atoms with E-state index in [0.717, 1.165) is 45.3 Å². The summed E-state index contributed by atoms with van der Waals surface area (Å²) < 4.78 is 0. The number of carboxylic acids is 1. The lowest BCUT2D eigenvalue weighted by atomic mass is 9.84. The van der Waals surface area contributed by atoms with Gasteiger partial charge in [0.15, 0.2) is 0 Å². The molecule has 1 heterocycles. The lowest BCUT2D eigenvalue weighted by Crippen LogP contribution is -2.44. The summed E-state index contributed by atoms with van der Waals surface area (Å²) in [6, 6.07) is 0. The second-order valence-corrected chi connectivity index (χ2v) is 5.92. The molecule has 1 amide bonds. The van der Waals surface area contributed by atoms with E-state index in [9.17, 15) is 9.59 Å². The quantitative estimate of drug-likeness (QED) is 0.666. The van der Waals surface area contributed by atoms with Crippen LogP contribution >= 0.6 is 0 Å². The molecule has 2 N–H and O–H groups in total. The van der Waals surface area contributed by atoms with E-state index in [2.05, 4.69) is 17.1 Å². The van der Waals surface area contributed by atoms with E-state index in [4.69, 9.17) is 5.11 Å². The van der Waals surface area contributed by atoms with Crippen LogP contribution in [0.1, 0.15) is 46.0 Å². The summed E-state index contributed by atoms with van der Waals surface area (Å²) in [5.74, 6) is -0.0707. The molecule has 0 radical (unpaired) electrons. The van der Waals surface area contributed by atoms with Gasteiger partial charge in [0.25, 0.3) is 0 Å². The molecule has 1 rings (SSSR count). The van der Waals surface area contributed by atoms with Crippen molar-refractivity contribution < 1.29 is 14.7 Å². The molecule has 116 valence electrons. The third-order valence-electron chi connectivity index (χ3n) is 4.06. The highest BCUT2D eigenvalue weighted by molar-refractivity contribution is 5.77. The Bertz CT molecular complexity index is 320. The van der Waals surface area contributed by atoms with E-state index in [0.29, 0.717) is 12.5 Å². The Morgan fingerprint density at radius 3 is 2.85 bits per heavy atom. The van der Waals surface area contributed by atoms with E-state index < -0.39 is 5.97 Å². The van der Waals surface area contributed by atoms with Crippen molar-refractivity contribution >= 4 is 11.9 Å². The molecule has 0 aromatic carbocycles. The zero-order valence-corrected chi connectivity index (χ0v) is 12.7. The topological polar surface area (TPSA) is 69.6 Å². The van der Waals surface area contributed by atoms with E-state index in [1.165, 1.54) is 0 Å². The van der Waals surface area contributed by atoms with Gasteiger partial charge >= 0.3 is 5.97 Å². The fourth-order valence-corrected chi connectivity index (χ4v) is 2.81. The average Bonchev–Trinajstić information content (AvgIpc) is 2.38. The molecule has 2 unspecified atom stereocenters. The van der Waals surface area contributed by atoms with Crippen molar-refractivity contribution in [3.63, 3.8) is 0 Å². The van der Waals surface area contributed by atoms with Crippen LogP contribution in [0.25, 0.3) is 0 Å². The molecule has 0 saturated carbocycles. The first kappa shape index (κ1) is 17.0. The Labute approximate surface area is 121 Å². The summed E-state index contributed by atoms with van der Waals surface area (Å²) >= 11 is 0. The number of nitrogens with one attached hydrogen (secondary N) is 1. The molecule has 1 fully saturated rings. The maximum absolute atomic E-state index is 11.8. The molecule has 0 aromatic rings. The van der Waals surface area contributed by atoms with E-state index in [-0.39, 0.29) is 18.2 Å². The van der Waals surface area contributed by atoms with Gasteiger partial charge in [-0.15, -0.1) is 0 Å². The summed E-state index contributed by atoms with van der Waals surface area (Å²) in [5, 5.41) is 11.8. The Kier molecular flexibility index (Phi) is 7.59. The van der Waals surface area contributed by atoms with Gasteiger partial charge in [-0.1, -0.05) is 20.3 Å². The molecule has 1 aliphatic rings. The predicted octanol–water partition coefficient (Wildman–Crippen LogP) is 1.73. The highest BCUT2D eigenvalue weighted by atomic mass is 16.4. The highest BCUT2D eigenvalue weighted by Gasteiger charge is 2.26. The monoisotopic (exact) mass is 284 g/mol. The number of piperidine rings is 1. The second kappa shape index (κ2) is 8.95. The summed E-state index contributed by atoms with van der Waals surface area (Å²) in [5.41, 5.74) is 0. The largest absolute Gasteiger partial charge is 0.481 e. The van der Waals surface area contributed by atoms with Gasteiger partial charge in [0.1, 0.15) is 0 Å². The molecule has 0 spiro atoms. The first-order chi connectivity index (χ1) is 9.52. The van der Waals surface area contributed by atoms with Crippen molar-refractivity contribution in [2.45, 2.75) is 46.0 Å². The average molecular weight is 284 g/mol. The van der Waals surface area contributed by atoms with Crippen LogP contribution in [0.5, 0.6) is 0 Å². The smallest absolute Gasteiger partial charge is 0.303 e. The van der Waals surface area contributed by atoms with Crippen molar-refractivity contribution in [3.05, 3.63) is 0 Å². The fourth-order valence-electron chi connectivity index (χ4n) is 2.81. The minimum absolute atomic E-state index is 0.0880. The van der Waals surface area contributed by atoms with Crippen LogP contribution in [0, 0.1) is 11.8 Å². The number of aliphatic carboxylic acids is 1. The van der Waals surface area contributed by atoms with Crippen LogP contribution in [0.4, 0.5) is 0 Å². The maximum Gasteiger partial charge on any atom is 0.303 e. The third kappa shape index (κ3) is 6.37. The van der Waals surface area contributed by atoms with Gasteiger partial charge in [-0.05, 0) is 37.6 Å². The normalized spacial score (nSPS) is 21.4. The molecule has 1 saturated heterocycles. The standard InChI is InChI=1S/C15H28N2O3/c1-3-4-7-16-14(18)11-17-8-5-6-13(10-17)12(2)9-15(19)20/h12-13H,3-11H2,1-2H3,(H,16,18)(H,19,20). The van der Waals surface area contributed by atoms with Gasteiger partial charge in [0.2, 0.25) is 5.91 Å². The molecule has 0 aromatic heterocycles. The lowest BCUT2D eigenvalue weighted by Gasteiger charge is -2.35. The first-order valence-electron chi connectivity index (χ1n) is 7.73. The summed E-state index contributed by atoms with van der Waals surface area (Å²) in [6.45, 7) is 7.09. The van der Waals surface area contributed by atoms with Crippen molar-refractivity contribution in [1.82, 2.24) is 10.2 Å². The van der Waals surface area contributed by atoms with E-state index in [1.807, 2.05) is 6.92 Å². The predicted molar refractivity (Wildman–Crippen MR) is 78.5 cm³/mol. The summed E-state index contributed by atoms with van der Waals surface area (Å²) in [4.78, 5) is 24.7. The molecule has 5 nitrogen and oxygen atoms in total. The van der Waals surface area contributed by atoms with Crippen molar-refractivity contribution in [3.8, 4) is 0 Å². The van der Waals surface area contributed by atoms with Gasteiger partial charge in [0.05, 0.1) is 6.54 Å². The Hall–Kier alpha value is -1.10. The Morgan fingerprint density at radius 1 is 1.45 bits per heavy atom. The third-order valence-corrected chi connectivity index (χ3v) is 4.06. The fraction of sp³-hybridized carbons (Fsp3) is 0.867. The molecule has 5 heteroatoms. The van der Waals surface area contributed by atoms with Crippen LogP contribution in [-0.4, -0.2) is 48.1 Å². The number of nitrogens with zero attached hydrogens (tertiary/aromatic N) is 1. The maximum atomic E-state index is 11.8. The number of carboxylic acid groups (broad SMARTS) is 1. The SMILES string of the molecule is CCCCNC(=O)CN1CCCC(C(C)CC(=O)O)C1. The summed E-state index contributed by atoms with van der Waals surface area (Å²) in [6.07, 6.45) is 4.45. The minimum Gasteiger partial charge on any atom is -0.481 e. The van der Waals surface area contributed by atoms with Crippen LogP contribution < -0.4 is 5.32 Å². The van der Waals surface area contributed by atoms with Crippen LogP contribution in [0.3, 0.4) is 0 Å². The van der Waals surface area contributed by atoms with E-state index >= 15 is 0 Å². The molecule has 1 aliphatic heterocycles. The minimum atomic E-state index is -0.730. The number of carbonyl (C=O) groups is 2. The molecule has 0 bridgehead atoms. The van der Waals surface area contributed by atoms with E-state index in [1.54, 1.807) is 0 Å². The summed E-state index contributed by atoms with van der Waals surface area (Å²) in [7, 11) is 0. The van der Waals surface area contributed by atoms with Gasteiger partial charge in [-0.2, -0.15) is 0 Å². The molecular formula is C15H28N2O3. The zero-order valence-electron chi connectivity index (χ0n) is 12.7. The Morgan fingerprint density at radius 2 is 2.20 bits per heavy atom. The van der Waals surface area contributed by atoms with Crippen molar-refractivity contribution in [2.24, 2.45) is 11.8 Å². The van der Waals surface area contributed by atoms with Crippen molar-refractivity contribution in [2.75, 3.05) is 26.2 Å². The number of amides is 1. The Balaban J connectivity index is 2.33. The lowest BCUT2D eigenvalue weighted by molar-refractivity contribution is -0.138. The van der Waals surface area contributed by atoms with Gasteiger partial charge in [-0.25, -0.2) is 0 Å². The van der Waals surface area contributed by atoms with Gasteiger partial charge < -0.3 is 10.4 Å². The number of rotatable bonds is 8. The van der Waals surface area contributed by atoms with Crippen LogP contribution in [0.2, 0.25) is 0 Å². The van der Waals surface area contributed by atoms with Gasteiger partial charge in [-0.3, -0.25) is 14.5 Å². The zero-order chi connectivity index (χ0) is 15.0. The molecule has 20 heavy (non-hydrogen) atoms. The highest BCUT2D eigenvalue weighted by Crippen LogP contribution is 2.25.